The van der Waals surface area contributed by atoms with Crippen LogP contribution in [0, 0.1) is 22.3 Å². The van der Waals surface area contributed by atoms with E-state index in [1.807, 2.05) is 63.1 Å². The van der Waals surface area contributed by atoms with Crippen LogP contribution in [-0.4, -0.2) is 173 Å². The fourth-order valence-corrected chi connectivity index (χ4v) is 19.6. The monoisotopic (exact) mass is 729 g/mol. The lowest BCUT2D eigenvalue weighted by Gasteiger charge is -2.45. The molecule has 15 nitrogen and oxygen atoms in total. The lowest BCUT2D eigenvalue weighted by Crippen LogP contribution is -2.77. The number of nitrogens with zero attached hydrogens (tertiary/aromatic N) is 3. The summed E-state index contributed by atoms with van der Waals surface area (Å²) >= 11 is 0. The maximum absolute atomic E-state index is 11.3. The average molecular weight is 730 g/mol. The van der Waals surface area contributed by atoms with Crippen LogP contribution >= 0.6 is 0 Å². The topological polar surface area (TPSA) is 188 Å². The second-order valence-corrected chi connectivity index (χ2v) is 25.1. The smallest absolute Gasteiger partial charge is 0.391 e. The van der Waals surface area contributed by atoms with Crippen molar-refractivity contribution in [2.24, 2.45) is 0 Å². The molecule has 20 heteroatoms. The molecule has 1 fully saturated rings. The maximum Gasteiger partial charge on any atom is 0.660 e. The summed E-state index contributed by atoms with van der Waals surface area (Å²) in [5, 5.41) is 0. The van der Waals surface area contributed by atoms with E-state index in [2.05, 4.69) is 0 Å². The van der Waals surface area contributed by atoms with Crippen LogP contribution in [0.3, 0.4) is 0 Å². The molecular formula is C24H67N3O12Si5. The van der Waals surface area contributed by atoms with Gasteiger partial charge in [-0.15, -0.1) is 0 Å². The molecule has 0 aromatic carbocycles. The van der Waals surface area contributed by atoms with Crippen molar-refractivity contribution < 1.29 is 67.6 Å². The van der Waals surface area contributed by atoms with Gasteiger partial charge < -0.3 is 89.9 Å². The van der Waals surface area contributed by atoms with Crippen molar-refractivity contribution in [1.29, 1.82) is 0 Å². The zero-order chi connectivity index (χ0) is 32.0. The van der Waals surface area contributed by atoms with Gasteiger partial charge in [-0.05, 0) is 20.8 Å². The summed E-state index contributed by atoms with van der Waals surface area (Å²) in [6.07, 6.45) is 1.02. The molecule has 1 atom stereocenters. The van der Waals surface area contributed by atoms with Crippen LogP contribution in [0.1, 0.15) is 40.0 Å². The molecule has 1 aliphatic heterocycles. The van der Waals surface area contributed by atoms with E-state index in [0.29, 0.717) is 52.3 Å². The Morgan fingerprint density at radius 1 is 0.568 bits per heavy atom. The molecule has 0 aliphatic carbocycles. The van der Waals surface area contributed by atoms with E-state index >= 15 is 0 Å². The summed E-state index contributed by atoms with van der Waals surface area (Å²) in [6.45, 7) is 10.2. The molecule has 1 aliphatic rings. The number of hydrogen-bond acceptors (Lipinski definition) is 12. The molecule has 1 unspecified atom stereocenters. The van der Waals surface area contributed by atoms with Crippen LogP contribution in [0.4, 0.5) is 0 Å². The minimum Gasteiger partial charge on any atom is -0.391 e. The highest BCUT2D eigenvalue weighted by molar-refractivity contribution is 6.88. The fourth-order valence-electron chi connectivity index (χ4n) is 4.02. The van der Waals surface area contributed by atoms with E-state index in [-0.39, 0.29) is 40.4 Å². The van der Waals surface area contributed by atoms with Crippen LogP contribution in [0.15, 0.2) is 0 Å². The Morgan fingerprint density at radius 3 is 1.25 bits per heavy atom. The predicted octanol–water partition coefficient (Wildman–Crippen LogP) is -0.473. The van der Waals surface area contributed by atoms with E-state index < -0.39 is 44.5 Å². The van der Waals surface area contributed by atoms with Crippen molar-refractivity contribution in [3.05, 3.63) is 22.3 Å². The molecule has 0 aromatic rings. The molecule has 0 saturated carbocycles. The Balaban J connectivity index is -0.00000560. The molecule has 0 radical (unpaired) electrons. The minimum atomic E-state index is -5.21. The molecule has 7 N–H and O–H groups in total. The zero-order valence-corrected chi connectivity index (χ0v) is 34.5. The molecule has 0 amide bonds. The SMILES string of the molecule is CC[N+](C)(C)CCC[Si](O)(O)O[Si]1(O[Si](O)(O)CCC[N+](C)(C)CC)O[Si](O)(O)O[Si](O)(CCC[N+](C)(C)CC)O1.[CH3-].[CH3-].[CH3-]. The summed E-state index contributed by atoms with van der Waals surface area (Å²) in [5.41, 5.74) is 0. The average Bonchev–Trinajstić information content (AvgIpc) is 2.75. The largest absolute Gasteiger partial charge is 0.660 e. The van der Waals surface area contributed by atoms with Crippen LogP contribution in [0.25, 0.3) is 0 Å². The number of hydrogen-bond donors (Lipinski definition) is 7. The van der Waals surface area contributed by atoms with Crippen molar-refractivity contribution in [2.45, 2.75) is 58.2 Å². The van der Waals surface area contributed by atoms with E-state index in [4.69, 9.17) is 20.6 Å². The first-order chi connectivity index (χ1) is 18.3. The van der Waals surface area contributed by atoms with E-state index in [1.165, 1.54) is 0 Å². The molecule has 0 spiro atoms. The first-order valence-corrected chi connectivity index (χ1v) is 23.7. The lowest BCUT2D eigenvalue weighted by molar-refractivity contribution is -0.888. The molecule has 1 heterocycles. The van der Waals surface area contributed by atoms with Gasteiger partial charge >= 0.3 is 44.5 Å². The van der Waals surface area contributed by atoms with Gasteiger partial charge in [-0.1, -0.05) is 0 Å². The van der Waals surface area contributed by atoms with Gasteiger partial charge in [0.2, 0.25) is 0 Å². The zero-order valence-electron chi connectivity index (χ0n) is 29.5. The normalized spacial score (nSPS) is 20.7. The van der Waals surface area contributed by atoms with Gasteiger partial charge in [0.05, 0.1) is 81.6 Å². The molecule has 1 saturated heterocycles. The molecule has 0 bridgehead atoms. The quantitative estimate of drug-likeness (QED) is 0.0516. The fraction of sp³-hybridized carbons (Fsp3) is 0.875. The molecule has 270 valence electrons. The molecule has 44 heavy (non-hydrogen) atoms. The van der Waals surface area contributed by atoms with Crippen molar-refractivity contribution in [1.82, 2.24) is 0 Å². The van der Waals surface area contributed by atoms with Crippen molar-refractivity contribution in [2.75, 3.05) is 81.6 Å². The highest BCUT2D eigenvalue weighted by Crippen LogP contribution is 2.35. The van der Waals surface area contributed by atoms with Crippen LogP contribution in [0.2, 0.25) is 18.1 Å². The first kappa shape index (κ1) is 48.9. The van der Waals surface area contributed by atoms with Crippen LogP contribution in [0.5, 0.6) is 0 Å². The third-order valence-corrected chi connectivity index (χ3v) is 22.1. The third-order valence-electron chi connectivity index (χ3n) is 7.77. The van der Waals surface area contributed by atoms with E-state index in [1.54, 1.807) is 0 Å². The van der Waals surface area contributed by atoms with Crippen LogP contribution < -0.4 is 0 Å². The standard InChI is InChI=1S/C21H58N3O12Si5.3CH3/c1-10-22(4,5)16-13-19-37(25,26)32-41(33-38(27,28)20-14-17-23(6,7)11-2)35-39(29,34-40(30,31)36-41)21-15-18-24(8,9)12-3;;;/h25-31H,10-21H2,1-9H3;3*1H3/q+3;3*-1. The van der Waals surface area contributed by atoms with E-state index in [9.17, 15) is 33.6 Å². The van der Waals surface area contributed by atoms with Gasteiger partial charge in [-0.2, -0.15) is 0 Å². The lowest BCUT2D eigenvalue weighted by atomic mass is 10.4. The summed E-state index contributed by atoms with van der Waals surface area (Å²) in [4.78, 5) is 76.2. The summed E-state index contributed by atoms with van der Waals surface area (Å²) in [5.74, 6) is 0. The Morgan fingerprint density at radius 2 is 0.909 bits per heavy atom. The van der Waals surface area contributed by atoms with Gasteiger partial charge in [0.25, 0.3) is 0 Å². The summed E-state index contributed by atoms with van der Waals surface area (Å²) in [7, 11) is -12.4. The van der Waals surface area contributed by atoms with Crippen molar-refractivity contribution in [3.8, 4) is 0 Å². The second kappa shape index (κ2) is 18.3. The van der Waals surface area contributed by atoms with Gasteiger partial charge in [-0.25, -0.2) is 0 Å². The molecular weight excluding hydrogens is 663 g/mol. The third kappa shape index (κ3) is 18.1. The highest BCUT2D eigenvalue weighted by Gasteiger charge is 2.72. The van der Waals surface area contributed by atoms with Crippen molar-refractivity contribution >= 4 is 44.5 Å². The van der Waals surface area contributed by atoms with Gasteiger partial charge in [0, 0.05) is 37.4 Å². The van der Waals surface area contributed by atoms with Crippen LogP contribution in [-0.2, 0) is 20.6 Å². The Bertz CT molecular complexity index is 786. The Kier molecular flexibility index (Phi) is 20.3. The van der Waals surface area contributed by atoms with Gasteiger partial charge in [-0.3, -0.25) is 0 Å². The first-order valence-electron chi connectivity index (χ1n) is 14.4. The highest BCUT2D eigenvalue weighted by atomic mass is 28.6. The Labute approximate surface area is 273 Å². The van der Waals surface area contributed by atoms with E-state index in [0.717, 1.165) is 19.6 Å². The van der Waals surface area contributed by atoms with Gasteiger partial charge in [0.15, 0.2) is 0 Å². The number of rotatable bonds is 19. The van der Waals surface area contributed by atoms with Crippen molar-refractivity contribution in [3.63, 3.8) is 0 Å². The predicted molar refractivity (Wildman–Crippen MR) is 180 cm³/mol. The number of quaternary nitrogens is 3. The second-order valence-electron chi connectivity index (χ2n) is 13.0. The maximum atomic E-state index is 11.3. The molecule has 0 aromatic heterocycles. The Hall–Kier alpha value is 0.484. The summed E-state index contributed by atoms with van der Waals surface area (Å²) < 4.78 is 29.0. The van der Waals surface area contributed by atoms with Gasteiger partial charge in [0.1, 0.15) is 0 Å². The summed E-state index contributed by atoms with van der Waals surface area (Å²) in [6, 6.07) is -0.584. The minimum absolute atomic E-state index is 0. The molecule has 1 rings (SSSR count).